The molecule has 0 radical (unpaired) electrons. The molecule has 2 aromatic carbocycles. The van der Waals surface area contributed by atoms with Crippen LogP contribution in [-0.2, 0) is 6.54 Å². The summed E-state index contributed by atoms with van der Waals surface area (Å²) in [6.45, 7) is 2.94. The zero-order chi connectivity index (χ0) is 21.0. The third-order valence-corrected chi connectivity index (χ3v) is 7.22. The molecule has 3 rings (SSSR count). The molecule has 0 aliphatic heterocycles. The first kappa shape index (κ1) is 23.2. The van der Waals surface area contributed by atoms with Crippen LogP contribution in [0.1, 0.15) is 71.1 Å². The third kappa shape index (κ3) is 6.78. The topological polar surface area (TPSA) is 25.2 Å². The number of aliphatic hydroxyl groups excluding tert-OH is 1. The maximum absolute atomic E-state index is 10.7. The molecule has 0 spiro atoms. The van der Waals surface area contributed by atoms with Crippen molar-refractivity contribution in [1.29, 1.82) is 0 Å². The van der Waals surface area contributed by atoms with Crippen LogP contribution in [0.3, 0.4) is 0 Å². The monoisotopic (exact) mass is 425 g/mol. The predicted octanol–water partition coefficient (Wildman–Crippen LogP) is 7.81. The highest BCUT2D eigenvalue weighted by atomic mass is 32.2. The van der Waals surface area contributed by atoms with E-state index in [-0.39, 0.29) is 6.10 Å². The summed E-state index contributed by atoms with van der Waals surface area (Å²) < 4.78 is 2.29. The highest BCUT2D eigenvalue weighted by Gasteiger charge is 2.13. The number of para-hydroxylation sites is 2. The fraction of sp³-hybridized carbons (Fsp3) is 0.556. The number of hydrogen-bond donors (Lipinski definition) is 1. The van der Waals surface area contributed by atoms with Crippen molar-refractivity contribution in [2.24, 2.45) is 0 Å². The Morgan fingerprint density at radius 3 is 1.80 bits per heavy atom. The van der Waals surface area contributed by atoms with Gasteiger partial charge >= 0.3 is 0 Å². The van der Waals surface area contributed by atoms with Crippen molar-refractivity contribution in [3.8, 4) is 0 Å². The Balaban J connectivity index is 1.33. The lowest BCUT2D eigenvalue weighted by atomic mass is 10.1. The minimum atomic E-state index is -0.308. The van der Waals surface area contributed by atoms with Crippen LogP contribution in [0.4, 0.5) is 0 Å². The van der Waals surface area contributed by atoms with Crippen LogP contribution in [0, 0.1) is 0 Å². The van der Waals surface area contributed by atoms with Gasteiger partial charge in [0.25, 0.3) is 0 Å². The molecule has 2 nitrogen and oxygen atoms in total. The molecule has 1 aromatic heterocycles. The fourth-order valence-electron chi connectivity index (χ4n) is 4.37. The fourth-order valence-corrected chi connectivity index (χ4v) is 5.33. The normalized spacial score (nSPS) is 12.7. The minimum absolute atomic E-state index is 0.308. The van der Waals surface area contributed by atoms with E-state index in [0.717, 1.165) is 5.75 Å². The zero-order valence-corrected chi connectivity index (χ0v) is 19.5. The first-order valence-electron chi connectivity index (χ1n) is 12.0. The van der Waals surface area contributed by atoms with Crippen molar-refractivity contribution in [1.82, 2.24) is 4.57 Å². The number of aliphatic hydroxyl groups is 1. The standard InChI is InChI=1S/C27H39NOS/c1-2-3-4-5-6-7-8-9-10-15-20-30-22-23(29)21-28-26-18-13-11-16-24(26)25-17-12-14-19-27(25)28/h11-14,16-19,23,29H,2-10,15,20-22H2,1H3/t23-/m0/s1. The molecule has 0 amide bonds. The third-order valence-electron chi connectivity index (χ3n) is 6.03. The van der Waals surface area contributed by atoms with Gasteiger partial charge in [-0.15, -0.1) is 0 Å². The van der Waals surface area contributed by atoms with Gasteiger partial charge in [-0.1, -0.05) is 101 Å². The number of thioether (sulfide) groups is 1. The number of benzene rings is 2. The Bertz CT molecular complexity index is 818. The van der Waals surface area contributed by atoms with E-state index in [1.54, 1.807) is 0 Å². The number of nitrogens with zero attached hydrogens (tertiary/aromatic N) is 1. The number of hydrogen-bond acceptors (Lipinski definition) is 2. The van der Waals surface area contributed by atoms with E-state index < -0.39 is 0 Å². The van der Waals surface area contributed by atoms with Gasteiger partial charge in [-0.05, 0) is 24.3 Å². The van der Waals surface area contributed by atoms with E-state index in [1.165, 1.54) is 91.8 Å². The molecule has 164 valence electrons. The largest absolute Gasteiger partial charge is 0.390 e. The van der Waals surface area contributed by atoms with Crippen LogP contribution in [0.5, 0.6) is 0 Å². The Kier molecular flexibility index (Phi) is 10.1. The minimum Gasteiger partial charge on any atom is -0.390 e. The van der Waals surface area contributed by atoms with Crippen LogP contribution in [0.25, 0.3) is 21.8 Å². The van der Waals surface area contributed by atoms with Gasteiger partial charge in [0.1, 0.15) is 0 Å². The van der Waals surface area contributed by atoms with Gasteiger partial charge in [-0.3, -0.25) is 0 Å². The molecule has 0 unspecified atom stereocenters. The Morgan fingerprint density at radius 2 is 1.23 bits per heavy atom. The molecule has 1 atom stereocenters. The first-order chi connectivity index (χ1) is 14.8. The number of unbranched alkanes of at least 4 members (excludes halogenated alkanes) is 9. The molecule has 1 N–H and O–H groups in total. The molecule has 0 aliphatic carbocycles. The van der Waals surface area contributed by atoms with E-state index >= 15 is 0 Å². The maximum Gasteiger partial charge on any atom is 0.0809 e. The lowest BCUT2D eigenvalue weighted by Crippen LogP contribution is -2.18. The average molecular weight is 426 g/mol. The lowest BCUT2D eigenvalue weighted by Gasteiger charge is -2.14. The van der Waals surface area contributed by atoms with Crippen molar-refractivity contribution in [3.63, 3.8) is 0 Å². The highest BCUT2D eigenvalue weighted by molar-refractivity contribution is 7.99. The number of fused-ring (bicyclic) bond motifs is 3. The van der Waals surface area contributed by atoms with Gasteiger partial charge in [0.15, 0.2) is 0 Å². The molecule has 0 bridgehead atoms. The SMILES string of the molecule is CCCCCCCCCCCCSC[C@@H](O)Cn1c2ccccc2c2ccccc21. The van der Waals surface area contributed by atoms with Crippen LogP contribution < -0.4 is 0 Å². The quantitative estimate of drug-likeness (QED) is 0.251. The second-order valence-corrected chi connectivity index (χ2v) is 9.71. The summed E-state index contributed by atoms with van der Waals surface area (Å²) >= 11 is 1.91. The van der Waals surface area contributed by atoms with E-state index in [1.807, 2.05) is 11.8 Å². The summed E-state index contributed by atoms with van der Waals surface area (Å²) in [5.41, 5.74) is 2.44. The smallest absolute Gasteiger partial charge is 0.0809 e. The molecule has 0 fully saturated rings. The lowest BCUT2D eigenvalue weighted by molar-refractivity contribution is 0.181. The van der Waals surface area contributed by atoms with Crippen molar-refractivity contribution in [2.45, 2.75) is 83.8 Å². The van der Waals surface area contributed by atoms with Gasteiger partial charge < -0.3 is 9.67 Å². The molecule has 1 heterocycles. The highest BCUT2D eigenvalue weighted by Crippen LogP contribution is 2.29. The molecule has 30 heavy (non-hydrogen) atoms. The molecule has 0 saturated carbocycles. The van der Waals surface area contributed by atoms with Crippen molar-refractivity contribution in [3.05, 3.63) is 48.5 Å². The molecular formula is C27H39NOS. The summed E-state index contributed by atoms with van der Waals surface area (Å²) in [6, 6.07) is 17.1. The van der Waals surface area contributed by atoms with Gasteiger partial charge in [0.05, 0.1) is 6.10 Å². The van der Waals surface area contributed by atoms with Crippen molar-refractivity contribution < 1.29 is 5.11 Å². The van der Waals surface area contributed by atoms with Crippen LogP contribution >= 0.6 is 11.8 Å². The maximum atomic E-state index is 10.7. The van der Waals surface area contributed by atoms with Gasteiger partial charge in [0.2, 0.25) is 0 Å². The summed E-state index contributed by atoms with van der Waals surface area (Å²) in [5.74, 6) is 1.99. The summed E-state index contributed by atoms with van der Waals surface area (Å²) in [5, 5.41) is 13.2. The van der Waals surface area contributed by atoms with Gasteiger partial charge in [0, 0.05) is 34.1 Å². The molecular weight excluding hydrogens is 386 g/mol. The molecule has 0 aliphatic rings. The molecule has 3 heteroatoms. The van der Waals surface area contributed by atoms with Crippen molar-refractivity contribution in [2.75, 3.05) is 11.5 Å². The van der Waals surface area contributed by atoms with Gasteiger partial charge in [-0.25, -0.2) is 0 Å². The molecule has 0 saturated heterocycles. The summed E-state index contributed by atoms with van der Waals surface area (Å²) in [7, 11) is 0. The predicted molar refractivity (Wildman–Crippen MR) is 135 cm³/mol. The molecule has 3 aromatic rings. The average Bonchev–Trinajstić information content (AvgIpc) is 3.08. The number of aromatic nitrogens is 1. The van der Waals surface area contributed by atoms with E-state index in [0.29, 0.717) is 6.54 Å². The van der Waals surface area contributed by atoms with Gasteiger partial charge in [-0.2, -0.15) is 11.8 Å². The summed E-state index contributed by atoms with van der Waals surface area (Å²) in [6.07, 6.45) is 13.5. The zero-order valence-electron chi connectivity index (χ0n) is 18.7. The number of rotatable bonds is 15. The van der Waals surface area contributed by atoms with E-state index in [4.69, 9.17) is 0 Å². The Hall–Kier alpha value is -1.45. The Labute approximate surface area is 187 Å². The van der Waals surface area contributed by atoms with Crippen molar-refractivity contribution >= 4 is 33.6 Å². The van der Waals surface area contributed by atoms with Crippen LogP contribution in [-0.4, -0.2) is 27.3 Å². The van der Waals surface area contributed by atoms with Crippen LogP contribution in [0.2, 0.25) is 0 Å². The van der Waals surface area contributed by atoms with E-state index in [2.05, 4.69) is 60.0 Å². The first-order valence-corrected chi connectivity index (χ1v) is 13.2. The second kappa shape index (κ2) is 13.1. The summed E-state index contributed by atoms with van der Waals surface area (Å²) in [4.78, 5) is 0. The van der Waals surface area contributed by atoms with Crippen LogP contribution in [0.15, 0.2) is 48.5 Å². The Morgan fingerprint density at radius 1 is 0.733 bits per heavy atom. The van der Waals surface area contributed by atoms with E-state index in [9.17, 15) is 5.11 Å². The second-order valence-electron chi connectivity index (χ2n) is 8.56.